The summed E-state index contributed by atoms with van der Waals surface area (Å²) in [5, 5.41) is 11.8. The molecule has 1 unspecified atom stereocenters. The summed E-state index contributed by atoms with van der Waals surface area (Å²) < 4.78 is 5.00. The summed E-state index contributed by atoms with van der Waals surface area (Å²) >= 11 is 0. The van der Waals surface area contributed by atoms with Crippen LogP contribution in [0.2, 0.25) is 0 Å². The lowest BCUT2D eigenvalue weighted by Crippen LogP contribution is -2.49. The molecule has 146 valence electrons. The number of nitrogens with one attached hydrogen (secondary N) is 2. The number of fused-ring (bicyclic) bond motifs is 1. The Hall–Kier alpha value is -3.15. The van der Waals surface area contributed by atoms with Crippen LogP contribution in [0.5, 0.6) is 0 Å². The maximum absolute atomic E-state index is 12.5. The number of nitrogens with zero attached hydrogens (tertiary/aromatic N) is 1. The molecular weight excluding hydrogens is 354 g/mol. The minimum Gasteiger partial charge on any atom is -0.361 e. The monoisotopic (exact) mass is 379 g/mol. The van der Waals surface area contributed by atoms with Gasteiger partial charge in [0.2, 0.25) is 11.8 Å². The fourth-order valence-corrected chi connectivity index (χ4v) is 3.08. The highest BCUT2D eigenvalue weighted by Crippen LogP contribution is 2.16. The van der Waals surface area contributed by atoms with Crippen molar-refractivity contribution in [3.8, 4) is 0 Å². The zero-order chi connectivity index (χ0) is 20.1. The van der Waals surface area contributed by atoms with Crippen LogP contribution in [0.3, 0.4) is 0 Å². The van der Waals surface area contributed by atoms with Gasteiger partial charge in [0.1, 0.15) is 17.5 Å². The summed E-state index contributed by atoms with van der Waals surface area (Å²) in [4.78, 5) is 25.1. The molecule has 1 atom stereocenters. The molecule has 3 rings (SSSR count). The number of amides is 2. The molecule has 3 aromatic rings. The van der Waals surface area contributed by atoms with Gasteiger partial charge in [-0.25, -0.2) is 0 Å². The Labute approximate surface area is 164 Å². The van der Waals surface area contributed by atoms with E-state index in [4.69, 9.17) is 4.52 Å². The van der Waals surface area contributed by atoms with Gasteiger partial charge in [-0.15, -0.1) is 0 Å². The van der Waals surface area contributed by atoms with Crippen molar-refractivity contribution in [1.82, 2.24) is 15.8 Å². The van der Waals surface area contributed by atoms with Crippen molar-refractivity contribution < 1.29 is 14.1 Å². The van der Waals surface area contributed by atoms with Crippen LogP contribution in [0.1, 0.15) is 30.9 Å². The molecule has 0 bridgehead atoms. The second kappa shape index (κ2) is 8.69. The van der Waals surface area contributed by atoms with Crippen molar-refractivity contribution in [2.45, 2.75) is 39.8 Å². The predicted molar refractivity (Wildman–Crippen MR) is 108 cm³/mol. The van der Waals surface area contributed by atoms with Gasteiger partial charge in [0, 0.05) is 6.07 Å². The summed E-state index contributed by atoms with van der Waals surface area (Å²) in [5.74, 6) is 0.233. The number of carbonyl (C=O) groups is 2. The highest BCUT2D eigenvalue weighted by atomic mass is 16.5. The van der Waals surface area contributed by atoms with Gasteiger partial charge >= 0.3 is 0 Å². The Morgan fingerprint density at radius 2 is 1.82 bits per heavy atom. The summed E-state index contributed by atoms with van der Waals surface area (Å²) in [5.41, 5.74) is 1.56. The first-order valence-electron chi connectivity index (χ1n) is 9.39. The molecule has 2 amide bonds. The third kappa shape index (κ3) is 4.97. The fourth-order valence-electron chi connectivity index (χ4n) is 3.08. The Morgan fingerprint density at radius 1 is 1.07 bits per heavy atom. The topological polar surface area (TPSA) is 84.2 Å². The number of aryl methyl sites for hydroxylation is 1. The highest BCUT2D eigenvalue weighted by molar-refractivity contribution is 5.89. The second-order valence-corrected chi connectivity index (χ2v) is 7.29. The van der Waals surface area contributed by atoms with Crippen LogP contribution in [0.15, 0.2) is 53.1 Å². The van der Waals surface area contributed by atoms with E-state index in [-0.39, 0.29) is 30.7 Å². The predicted octanol–water partition coefficient (Wildman–Crippen LogP) is 3.14. The van der Waals surface area contributed by atoms with E-state index in [0.717, 1.165) is 16.3 Å². The third-order valence-electron chi connectivity index (χ3n) is 4.56. The standard InChI is InChI=1S/C22H25N3O3/c1-14(2)21(22(27)23-13-19-10-15(3)28-25-19)24-20(26)12-16-8-9-17-6-4-5-7-18(17)11-16/h4-11,14,21H,12-13H2,1-3H3,(H,23,27)(H,24,26). The van der Waals surface area contributed by atoms with Gasteiger partial charge in [-0.1, -0.05) is 61.5 Å². The molecule has 1 heterocycles. The SMILES string of the molecule is Cc1cc(CNC(=O)C(NC(=O)Cc2ccc3ccccc3c2)C(C)C)no1. The molecule has 1 aromatic heterocycles. The lowest BCUT2D eigenvalue weighted by Gasteiger charge is -2.21. The van der Waals surface area contributed by atoms with Crippen LogP contribution in [0.4, 0.5) is 0 Å². The van der Waals surface area contributed by atoms with Crippen LogP contribution < -0.4 is 10.6 Å². The number of hydrogen-bond acceptors (Lipinski definition) is 4. The Kier molecular flexibility index (Phi) is 6.09. The summed E-state index contributed by atoms with van der Waals surface area (Å²) in [7, 11) is 0. The first-order valence-corrected chi connectivity index (χ1v) is 9.39. The molecule has 0 aliphatic heterocycles. The number of aromatic nitrogens is 1. The number of carbonyl (C=O) groups excluding carboxylic acids is 2. The maximum atomic E-state index is 12.5. The molecule has 2 aromatic carbocycles. The van der Waals surface area contributed by atoms with Gasteiger partial charge in [0.15, 0.2) is 0 Å². The van der Waals surface area contributed by atoms with Crippen molar-refractivity contribution in [3.05, 3.63) is 65.5 Å². The van der Waals surface area contributed by atoms with Crippen LogP contribution in [0, 0.1) is 12.8 Å². The molecule has 0 spiro atoms. The van der Waals surface area contributed by atoms with Crippen LogP contribution in [-0.2, 0) is 22.6 Å². The van der Waals surface area contributed by atoms with E-state index >= 15 is 0 Å². The molecule has 2 N–H and O–H groups in total. The quantitative estimate of drug-likeness (QED) is 0.661. The number of benzene rings is 2. The zero-order valence-electron chi connectivity index (χ0n) is 16.4. The van der Waals surface area contributed by atoms with Crippen molar-refractivity contribution in [3.63, 3.8) is 0 Å². The van der Waals surface area contributed by atoms with E-state index in [0.29, 0.717) is 11.5 Å². The molecule has 0 aliphatic rings. The molecule has 0 saturated heterocycles. The largest absolute Gasteiger partial charge is 0.361 e. The molecule has 0 saturated carbocycles. The van der Waals surface area contributed by atoms with Crippen LogP contribution >= 0.6 is 0 Å². The molecule has 6 heteroatoms. The van der Waals surface area contributed by atoms with E-state index in [9.17, 15) is 9.59 Å². The van der Waals surface area contributed by atoms with Crippen molar-refractivity contribution in [1.29, 1.82) is 0 Å². The average Bonchev–Trinajstić information content (AvgIpc) is 3.09. The number of hydrogen-bond donors (Lipinski definition) is 2. The average molecular weight is 379 g/mol. The van der Waals surface area contributed by atoms with E-state index in [1.165, 1.54) is 0 Å². The molecule has 0 aliphatic carbocycles. The van der Waals surface area contributed by atoms with Crippen LogP contribution in [0.25, 0.3) is 10.8 Å². The number of rotatable bonds is 7. The highest BCUT2D eigenvalue weighted by Gasteiger charge is 2.24. The van der Waals surface area contributed by atoms with Gasteiger partial charge < -0.3 is 15.2 Å². The first kappa shape index (κ1) is 19.6. The Bertz CT molecular complexity index is 978. The van der Waals surface area contributed by atoms with Gasteiger partial charge in [-0.05, 0) is 29.2 Å². The smallest absolute Gasteiger partial charge is 0.243 e. The molecule has 0 radical (unpaired) electrons. The lowest BCUT2D eigenvalue weighted by atomic mass is 10.0. The Balaban J connectivity index is 1.60. The van der Waals surface area contributed by atoms with E-state index in [1.54, 1.807) is 13.0 Å². The normalized spacial score (nSPS) is 12.1. The van der Waals surface area contributed by atoms with Crippen LogP contribution in [-0.4, -0.2) is 23.0 Å². The molecule has 28 heavy (non-hydrogen) atoms. The minimum absolute atomic E-state index is 0.0420. The second-order valence-electron chi connectivity index (χ2n) is 7.29. The van der Waals surface area contributed by atoms with E-state index in [1.807, 2.05) is 56.3 Å². The zero-order valence-corrected chi connectivity index (χ0v) is 16.4. The van der Waals surface area contributed by atoms with Gasteiger partial charge in [0.05, 0.1) is 13.0 Å². The van der Waals surface area contributed by atoms with Gasteiger partial charge in [-0.2, -0.15) is 0 Å². The first-order chi connectivity index (χ1) is 13.4. The molecule has 0 fully saturated rings. The lowest BCUT2D eigenvalue weighted by molar-refractivity contribution is -0.129. The fraction of sp³-hybridized carbons (Fsp3) is 0.318. The summed E-state index contributed by atoms with van der Waals surface area (Å²) in [6.45, 7) is 5.86. The van der Waals surface area contributed by atoms with Crippen molar-refractivity contribution in [2.75, 3.05) is 0 Å². The summed E-state index contributed by atoms with van der Waals surface area (Å²) in [6.07, 6.45) is 0.226. The van der Waals surface area contributed by atoms with Gasteiger partial charge in [0.25, 0.3) is 0 Å². The van der Waals surface area contributed by atoms with E-state index < -0.39 is 6.04 Å². The third-order valence-corrected chi connectivity index (χ3v) is 4.56. The molecular formula is C22H25N3O3. The van der Waals surface area contributed by atoms with Gasteiger partial charge in [-0.3, -0.25) is 9.59 Å². The van der Waals surface area contributed by atoms with Crippen molar-refractivity contribution in [2.24, 2.45) is 5.92 Å². The van der Waals surface area contributed by atoms with E-state index in [2.05, 4.69) is 15.8 Å². The minimum atomic E-state index is -0.610. The maximum Gasteiger partial charge on any atom is 0.243 e. The van der Waals surface area contributed by atoms with Crippen molar-refractivity contribution >= 4 is 22.6 Å². The molecule has 6 nitrogen and oxygen atoms in total. The summed E-state index contributed by atoms with van der Waals surface area (Å²) in [6, 6.07) is 15.1. The Morgan fingerprint density at radius 3 is 2.50 bits per heavy atom.